The zero-order valence-electron chi connectivity index (χ0n) is 21.1. The van der Waals surface area contributed by atoms with E-state index in [4.69, 9.17) is 0 Å². The lowest BCUT2D eigenvalue weighted by atomic mass is 10.3. The third kappa shape index (κ3) is 3.17. The molecular weight excluding hydrogens is 493 g/mol. The topological polar surface area (TPSA) is 0 Å². The highest BCUT2D eigenvalue weighted by molar-refractivity contribution is 8.34. The molecule has 0 aromatic heterocycles. The van der Waals surface area contributed by atoms with Gasteiger partial charge in [-0.25, -0.2) is 0 Å². The monoisotopic (exact) mass is 520 g/mol. The molecule has 0 radical (unpaired) electrons. The summed E-state index contributed by atoms with van der Waals surface area (Å²) < 4.78 is 0. The summed E-state index contributed by atoms with van der Waals surface area (Å²) in [6.45, 7) is 0. The second-order valence-corrected chi connectivity index (χ2v) is 16.5. The second kappa shape index (κ2) is 9.32. The van der Waals surface area contributed by atoms with Crippen LogP contribution in [0.2, 0.25) is 0 Å². The summed E-state index contributed by atoms with van der Waals surface area (Å²) in [5.41, 5.74) is 0. The molecule has 0 bridgehead atoms. The zero-order valence-corrected chi connectivity index (χ0v) is 22.9. The molecule has 7 rings (SSSR count). The van der Waals surface area contributed by atoms with E-state index >= 15 is 0 Å². The minimum atomic E-state index is -2.61. The lowest BCUT2D eigenvalue weighted by molar-refractivity contribution is 1.25. The minimum absolute atomic E-state index is 1.38. The Bertz CT molecular complexity index is 1440. The summed E-state index contributed by atoms with van der Waals surface area (Å²) in [7, 11) is -4.34. The molecule has 1 aliphatic rings. The third-order valence-electron chi connectivity index (χ3n) is 7.85. The van der Waals surface area contributed by atoms with Gasteiger partial charge >= 0.3 is 0 Å². The lowest BCUT2D eigenvalue weighted by Gasteiger charge is -2.52. The molecule has 0 atom stereocenters. The van der Waals surface area contributed by atoms with Crippen LogP contribution < -0.4 is 20.7 Å². The van der Waals surface area contributed by atoms with Gasteiger partial charge in [-0.05, 0) is 57.1 Å². The van der Waals surface area contributed by atoms with Gasteiger partial charge in [0.25, 0.3) is 0 Å². The molecule has 6 aromatic carbocycles. The van der Waals surface area contributed by atoms with Gasteiger partial charge in [-0.15, -0.1) is 10.0 Å². The van der Waals surface area contributed by atoms with E-state index in [2.05, 4.69) is 170 Å². The summed E-state index contributed by atoms with van der Waals surface area (Å²) in [6.07, 6.45) is 0. The van der Waals surface area contributed by atoms with Crippen LogP contribution in [0, 0.1) is 0 Å². The molecule has 0 saturated heterocycles. The maximum atomic E-state index is 2.44. The van der Waals surface area contributed by atoms with Gasteiger partial charge in [0.1, 0.15) is 0 Å². The maximum Gasteiger partial charge on any atom is 0.181 e. The van der Waals surface area contributed by atoms with Crippen LogP contribution in [0.4, 0.5) is 0 Å². The van der Waals surface area contributed by atoms with Crippen molar-refractivity contribution in [2.75, 3.05) is 0 Å². The third-order valence-corrected chi connectivity index (χ3v) is 17.1. The molecule has 0 aliphatic carbocycles. The van der Waals surface area contributed by atoms with Crippen LogP contribution in [0.1, 0.15) is 0 Å². The largest absolute Gasteiger partial charge is 0.181 e. The molecule has 38 heavy (non-hydrogen) atoms. The Morgan fingerprint density at radius 3 is 1.03 bits per heavy atom. The normalized spacial score (nSPS) is 15.6. The van der Waals surface area contributed by atoms with Crippen molar-refractivity contribution in [3.05, 3.63) is 170 Å². The van der Waals surface area contributed by atoms with E-state index in [0.717, 1.165) is 0 Å². The summed E-state index contributed by atoms with van der Waals surface area (Å²) in [5, 5.41) is 5.86. The molecule has 182 valence electrons. The van der Waals surface area contributed by atoms with Crippen LogP contribution in [0.3, 0.4) is 0 Å². The first kappa shape index (κ1) is 23.0. The highest BCUT2D eigenvalue weighted by atomic mass is 32.3. The van der Waals surface area contributed by atoms with Crippen molar-refractivity contribution < 1.29 is 0 Å². The Hall–Kier alpha value is -4.11. The Kier molecular flexibility index (Phi) is 5.65. The van der Waals surface area contributed by atoms with Gasteiger partial charge in [0, 0.05) is 19.6 Å². The van der Waals surface area contributed by atoms with E-state index in [9.17, 15) is 0 Å². The first-order chi connectivity index (χ1) is 18.9. The molecule has 2 heteroatoms. The van der Waals surface area contributed by atoms with Crippen molar-refractivity contribution in [3.63, 3.8) is 0 Å². The molecule has 6 aromatic rings. The number of hydrogen-bond donors (Lipinski definition) is 0. The Balaban J connectivity index is 1.73. The average Bonchev–Trinajstić information content (AvgIpc) is 3.02. The van der Waals surface area contributed by atoms with E-state index in [1.807, 2.05) is 0 Å². The van der Waals surface area contributed by atoms with Gasteiger partial charge in [-0.3, -0.25) is 0 Å². The highest BCUT2D eigenvalue weighted by Gasteiger charge is 2.52. The van der Waals surface area contributed by atoms with Crippen molar-refractivity contribution in [3.8, 4) is 0 Å². The molecule has 0 fully saturated rings. The van der Waals surface area contributed by atoms with Crippen LogP contribution in [-0.4, -0.2) is 8.07 Å². The van der Waals surface area contributed by atoms with Crippen molar-refractivity contribution in [2.45, 2.75) is 19.6 Å². The summed E-state index contributed by atoms with van der Waals surface area (Å²) in [5.74, 6) is 0. The fraction of sp³-hybridized carbons (Fsp3) is 0. The van der Waals surface area contributed by atoms with Gasteiger partial charge in [0.2, 0.25) is 0 Å². The van der Waals surface area contributed by atoms with Crippen molar-refractivity contribution in [1.29, 1.82) is 0 Å². The molecule has 0 amide bonds. The second-order valence-electron chi connectivity index (χ2n) is 9.71. The number of fused-ring (bicyclic) bond motifs is 2. The smallest absolute Gasteiger partial charge is 0.133 e. The molecule has 0 saturated carbocycles. The summed E-state index contributed by atoms with van der Waals surface area (Å²) >= 11 is 0. The molecule has 0 nitrogen and oxygen atoms in total. The Morgan fingerprint density at radius 2 is 0.632 bits per heavy atom. The van der Waals surface area contributed by atoms with Gasteiger partial charge in [0.15, 0.2) is 8.07 Å². The predicted octanol–water partition coefficient (Wildman–Crippen LogP) is 6.72. The van der Waals surface area contributed by atoms with Crippen molar-refractivity contribution in [1.82, 2.24) is 0 Å². The van der Waals surface area contributed by atoms with E-state index in [-0.39, 0.29) is 0 Å². The van der Waals surface area contributed by atoms with Gasteiger partial charge in [-0.2, -0.15) is 0 Å². The standard InChI is InChI=1S/C36H28SSi/c1-5-17-29(18-6-1)37(30-19-7-2-8-20-30)33-25-13-15-27-35(33)38(31-21-9-3-10-22-31,32-23-11-4-12-24-32)36-28-16-14-26-34(36)37/h1-28H. The van der Waals surface area contributed by atoms with E-state index in [1.165, 1.54) is 40.3 Å². The number of rotatable bonds is 4. The van der Waals surface area contributed by atoms with Crippen LogP contribution in [0.25, 0.3) is 0 Å². The van der Waals surface area contributed by atoms with Crippen LogP contribution >= 0.6 is 10.0 Å². The van der Waals surface area contributed by atoms with E-state index in [0.29, 0.717) is 0 Å². The summed E-state index contributed by atoms with van der Waals surface area (Å²) in [6, 6.07) is 63.7. The number of hydrogen-bond acceptors (Lipinski definition) is 0. The van der Waals surface area contributed by atoms with Gasteiger partial charge < -0.3 is 0 Å². The SMILES string of the molecule is c1ccc([Si]2(c3ccccc3)c3ccccc3S(c3ccccc3)(c3ccccc3)c3ccccc32)cc1. The molecule has 0 N–H and O–H groups in total. The first-order valence-corrected chi connectivity index (χ1v) is 16.7. The average molecular weight is 521 g/mol. The molecule has 1 aliphatic heterocycles. The fourth-order valence-electron chi connectivity index (χ4n) is 6.41. The van der Waals surface area contributed by atoms with E-state index in [1.54, 1.807) is 0 Å². The van der Waals surface area contributed by atoms with Crippen molar-refractivity contribution in [2.24, 2.45) is 0 Å². The predicted molar refractivity (Wildman–Crippen MR) is 164 cm³/mol. The summed E-state index contributed by atoms with van der Waals surface area (Å²) in [4.78, 5) is 5.70. The lowest BCUT2D eigenvalue weighted by Crippen LogP contribution is -2.77. The fourth-order valence-corrected chi connectivity index (χ4v) is 17.1. The van der Waals surface area contributed by atoms with Crippen LogP contribution in [0.5, 0.6) is 0 Å². The zero-order chi connectivity index (χ0) is 25.4. The quantitative estimate of drug-likeness (QED) is 0.226. The van der Waals surface area contributed by atoms with Crippen molar-refractivity contribution >= 4 is 38.8 Å². The van der Waals surface area contributed by atoms with Gasteiger partial charge in [-0.1, -0.05) is 133 Å². The highest BCUT2D eigenvalue weighted by Crippen LogP contribution is 2.73. The Labute approximate surface area is 227 Å². The number of benzene rings is 6. The van der Waals surface area contributed by atoms with Crippen LogP contribution in [0.15, 0.2) is 189 Å². The van der Waals surface area contributed by atoms with E-state index < -0.39 is 18.1 Å². The molecule has 0 unspecified atom stereocenters. The Morgan fingerprint density at radius 1 is 0.316 bits per heavy atom. The minimum Gasteiger partial charge on any atom is -0.133 e. The molecular formula is C36H28SSi. The van der Waals surface area contributed by atoms with Crippen LogP contribution in [-0.2, 0) is 0 Å². The molecule has 0 spiro atoms. The first-order valence-electron chi connectivity index (χ1n) is 13.1. The maximum absolute atomic E-state index is 2.61. The molecule has 1 heterocycles. The van der Waals surface area contributed by atoms with Gasteiger partial charge in [0.05, 0.1) is 0 Å².